The van der Waals surface area contributed by atoms with Crippen LogP contribution in [0.5, 0.6) is 5.75 Å². The zero-order chi connectivity index (χ0) is 29.0. The van der Waals surface area contributed by atoms with Gasteiger partial charge in [-0.3, -0.25) is 14.4 Å². The van der Waals surface area contributed by atoms with E-state index in [0.717, 1.165) is 17.0 Å². The smallest absolute Gasteiger partial charge is 0.255 e. The molecule has 3 heterocycles. The molecule has 0 bridgehead atoms. The molecule has 2 fully saturated rings. The lowest BCUT2D eigenvalue weighted by Crippen LogP contribution is -2.49. The highest BCUT2D eigenvalue weighted by atomic mass is 16.5. The third-order valence-electron chi connectivity index (χ3n) is 5.91. The van der Waals surface area contributed by atoms with Crippen molar-refractivity contribution in [2.24, 2.45) is 0 Å². The number of nitrogens with zero attached hydrogens (tertiary/aromatic N) is 2. The average molecular weight is 468 g/mol. The molecule has 8 nitrogen and oxygen atoms in total. The number of amides is 3. The minimum atomic E-state index is -2.57. The van der Waals surface area contributed by atoms with Crippen molar-refractivity contribution in [2.75, 3.05) is 19.8 Å². The van der Waals surface area contributed by atoms with E-state index in [1.165, 1.54) is 17.0 Å². The van der Waals surface area contributed by atoms with Gasteiger partial charge < -0.3 is 24.6 Å². The Labute approximate surface area is 206 Å². The first-order chi connectivity index (χ1) is 18.8. The Morgan fingerprint density at radius 3 is 2.79 bits per heavy atom. The van der Waals surface area contributed by atoms with E-state index in [0.29, 0.717) is 24.1 Å². The molecule has 3 aliphatic rings. The van der Waals surface area contributed by atoms with Gasteiger partial charge in [-0.25, -0.2) is 0 Å². The van der Waals surface area contributed by atoms with Crippen LogP contribution in [-0.4, -0.2) is 53.3 Å². The minimum absolute atomic E-state index is 0.0328. The maximum atomic E-state index is 13.1. The van der Waals surface area contributed by atoms with Crippen LogP contribution in [0.3, 0.4) is 0 Å². The Morgan fingerprint density at radius 1 is 1.21 bits per heavy atom. The van der Waals surface area contributed by atoms with E-state index in [1.54, 1.807) is 6.07 Å². The molecule has 2 saturated heterocycles. The van der Waals surface area contributed by atoms with Crippen LogP contribution in [0.2, 0.25) is 0 Å². The van der Waals surface area contributed by atoms with Gasteiger partial charge in [0.1, 0.15) is 25.0 Å². The number of rotatable bonds is 6. The topological polar surface area (TPSA) is 88.2 Å². The van der Waals surface area contributed by atoms with Crippen LogP contribution in [0.4, 0.5) is 0 Å². The van der Waals surface area contributed by atoms with Crippen LogP contribution < -0.4 is 10.1 Å². The second kappa shape index (κ2) is 9.30. The highest BCUT2D eigenvalue weighted by molar-refractivity contribution is 6.02. The number of hydrogen-bond donors (Lipinski definition) is 1. The van der Waals surface area contributed by atoms with Crippen molar-refractivity contribution in [3.8, 4) is 5.75 Å². The van der Waals surface area contributed by atoms with Gasteiger partial charge in [0.15, 0.2) is 0 Å². The van der Waals surface area contributed by atoms with Gasteiger partial charge in [-0.05, 0) is 36.1 Å². The van der Waals surface area contributed by atoms with Gasteiger partial charge >= 0.3 is 0 Å². The van der Waals surface area contributed by atoms with Gasteiger partial charge in [-0.1, -0.05) is 36.9 Å². The molecule has 176 valence electrons. The van der Waals surface area contributed by atoms with E-state index >= 15 is 0 Å². The molecular formula is C26H27N3O5. The summed E-state index contributed by atoms with van der Waals surface area (Å²) >= 11 is 0. The molecular weight excluding hydrogens is 434 g/mol. The summed E-state index contributed by atoms with van der Waals surface area (Å²) in [6, 6.07) is 5.10. The molecule has 0 aromatic heterocycles. The van der Waals surface area contributed by atoms with Crippen LogP contribution in [0.25, 0.3) is 0 Å². The van der Waals surface area contributed by atoms with Crippen LogP contribution in [0, 0.1) is 0 Å². The predicted octanol–water partition coefficient (Wildman–Crippen LogP) is 2.37. The first kappa shape index (κ1) is 16.1. The molecule has 1 unspecified atom stereocenters. The van der Waals surface area contributed by atoms with E-state index < -0.39 is 37.1 Å². The Bertz CT molecular complexity index is 1410. The van der Waals surface area contributed by atoms with E-state index in [4.69, 9.17) is 17.7 Å². The van der Waals surface area contributed by atoms with E-state index in [1.807, 2.05) is 0 Å². The fraction of sp³-hybridized carbons (Fsp3) is 0.346. The molecule has 0 radical (unpaired) electrons. The van der Waals surface area contributed by atoms with Gasteiger partial charge in [0.2, 0.25) is 11.8 Å². The number of fused-ring (bicyclic) bond motifs is 1. The quantitative estimate of drug-likeness (QED) is 0.705. The van der Waals surface area contributed by atoms with E-state index in [-0.39, 0.29) is 60.6 Å². The lowest BCUT2D eigenvalue weighted by molar-refractivity contribution is -0.143. The van der Waals surface area contributed by atoms with Gasteiger partial charge in [0.05, 0.1) is 21.4 Å². The van der Waals surface area contributed by atoms with Crippen molar-refractivity contribution >= 4 is 17.7 Å². The summed E-state index contributed by atoms with van der Waals surface area (Å²) in [5, 5.41) is 2.67. The molecule has 34 heavy (non-hydrogen) atoms. The number of carbonyl (C=O) groups is 3. The standard InChI is InChI=1S/C26H27N3O5/c1-17-5-10-22(25(31)27-17)29-14-21-20(26(29)32)3-2-4-23(21)34-15-19-8-6-18(7-9-19)13-28-11-12-33-16-24(28)30/h2-4,6-9,22H,1,5,10-16H2,(H,27,31)/i6D,7D,13D2,15D2. The lowest BCUT2D eigenvalue weighted by Gasteiger charge is -2.31. The summed E-state index contributed by atoms with van der Waals surface area (Å²) in [4.78, 5) is 40.2. The Hall–Kier alpha value is -3.65. The summed E-state index contributed by atoms with van der Waals surface area (Å²) in [5.41, 5.74) is 0.689. The summed E-state index contributed by atoms with van der Waals surface area (Å²) in [6.07, 6.45) is 0.941. The van der Waals surface area contributed by atoms with E-state index in [2.05, 4.69) is 11.9 Å². The average Bonchev–Trinajstić information content (AvgIpc) is 3.20. The number of benzene rings is 2. The first-order valence-corrected chi connectivity index (χ1v) is 10.9. The Morgan fingerprint density at radius 2 is 2.03 bits per heavy atom. The molecule has 5 rings (SSSR count). The number of nitrogens with one attached hydrogen (secondary N) is 1. The third-order valence-corrected chi connectivity index (χ3v) is 5.91. The molecule has 1 N–H and O–H groups in total. The van der Waals surface area contributed by atoms with Crippen molar-refractivity contribution in [3.63, 3.8) is 0 Å². The number of allylic oxidation sites excluding steroid dienone is 1. The predicted molar refractivity (Wildman–Crippen MR) is 124 cm³/mol. The molecule has 1 atom stereocenters. The van der Waals surface area contributed by atoms with Gasteiger partial charge in [0.25, 0.3) is 5.91 Å². The number of ether oxygens (including phenoxy) is 2. The van der Waals surface area contributed by atoms with Crippen molar-refractivity contribution in [1.82, 2.24) is 15.1 Å². The highest BCUT2D eigenvalue weighted by Crippen LogP contribution is 2.34. The lowest BCUT2D eigenvalue weighted by atomic mass is 10.0. The van der Waals surface area contributed by atoms with Gasteiger partial charge in [-0.15, -0.1) is 0 Å². The van der Waals surface area contributed by atoms with Crippen LogP contribution in [0.15, 0.2) is 54.7 Å². The minimum Gasteiger partial charge on any atom is -0.489 e. The molecule has 0 aliphatic carbocycles. The van der Waals surface area contributed by atoms with Crippen LogP contribution in [0.1, 0.15) is 48.1 Å². The summed E-state index contributed by atoms with van der Waals surface area (Å²) in [7, 11) is 0. The maximum Gasteiger partial charge on any atom is 0.255 e. The zero-order valence-corrected chi connectivity index (χ0v) is 18.3. The molecule has 3 aliphatic heterocycles. The number of hydrogen-bond acceptors (Lipinski definition) is 5. The SMILES string of the molecule is [2H]c1cc(C([2H])([2H])Oc2cccc3c2CN(C2CCC(=C)NC2=O)C3=O)cc([2H])c1C([2H])([2H])N1CCOCC1=O. The molecule has 0 spiro atoms. The zero-order valence-electron chi connectivity index (χ0n) is 24.3. The normalized spacial score (nSPS) is 23.8. The Kier molecular flexibility index (Phi) is 4.39. The summed E-state index contributed by atoms with van der Waals surface area (Å²) in [6.45, 7) is -1.51. The number of carbonyl (C=O) groups excluding carboxylic acids is 3. The largest absolute Gasteiger partial charge is 0.489 e. The monoisotopic (exact) mass is 467 g/mol. The van der Waals surface area contributed by atoms with Gasteiger partial charge in [0, 0.05) is 29.9 Å². The third kappa shape index (κ3) is 4.41. The molecule has 2 aromatic carbocycles. The first-order valence-electron chi connectivity index (χ1n) is 13.9. The van der Waals surface area contributed by atoms with Crippen LogP contribution >= 0.6 is 0 Å². The molecule has 0 saturated carbocycles. The number of piperidine rings is 1. The fourth-order valence-electron chi connectivity index (χ4n) is 4.12. The van der Waals surface area contributed by atoms with E-state index in [9.17, 15) is 14.4 Å². The Balaban J connectivity index is 1.42. The molecule has 3 amide bonds. The fourth-order valence-corrected chi connectivity index (χ4v) is 4.12. The number of morpholine rings is 1. The highest BCUT2D eigenvalue weighted by Gasteiger charge is 2.39. The second-order valence-electron chi connectivity index (χ2n) is 8.18. The maximum absolute atomic E-state index is 13.1. The van der Waals surface area contributed by atoms with Crippen molar-refractivity contribution in [1.29, 1.82) is 0 Å². The molecule has 2 aromatic rings. The molecule has 8 heteroatoms. The van der Waals surface area contributed by atoms with Crippen molar-refractivity contribution in [2.45, 2.75) is 38.5 Å². The van der Waals surface area contributed by atoms with Crippen LogP contribution in [-0.2, 0) is 33.9 Å². The second-order valence-corrected chi connectivity index (χ2v) is 8.18. The van der Waals surface area contributed by atoms with Gasteiger partial charge in [-0.2, -0.15) is 0 Å². The summed E-state index contributed by atoms with van der Waals surface area (Å²) < 4.78 is 61.8. The summed E-state index contributed by atoms with van der Waals surface area (Å²) in [5.74, 6) is -1.26. The van der Waals surface area contributed by atoms with Crippen molar-refractivity contribution < 1.29 is 32.1 Å². The van der Waals surface area contributed by atoms with Crippen molar-refractivity contribution in [3.05, 3.63) is 76.9 Å².